The van der Waals surface area contributed by atoms with Crippen LogP contribution >= 0.6 is 11.3 Å². The molecule has 1 saturated heterocycles. The third-order valence-corrected chi connectivity index (χ3v) is 8.42. The van der Waals surface area contributed by atoms with Gasteiger partial charge in [0, 0.05) is 43.2 Å². The van der Waals surface area contributed by atoms with Crippen LogP contribution in [0.15, 0.2) is 24.5 Å². The average molecular weight is 477 g/mol. The van der Waals surface area contributed by atoms with E-state index in [-0.39, 0.29) is 0 Å². The van der Waals surface area contributed by atoms with Crippen molar-refractivity contribution in [3.63, 3.8) is 0 Å². The van der Waals surface area contributed by atoms with Crippen molar-refractivity contribution in [2.75, 3.05) is 39.0 Å². The smallest absolute Gasteiger partial charge is 0.152 e. The molecule has 6 rings (SSSR count). The molecule has 1 aromatic carbocycles. The summed E-state index contributed by atoms with van der Waals surface area (Å²) in [5, 5.41) is 9.40. The number of nitrogen functional groups attached to an aromatic ring is 1. The molecular weight excluding hydrogens is 444 g/mol. The molecule has 0 bridgehead atoms. The van der Waals surface area contributed by atoms with E-state index in [9.17, 15) is 0 Å². The zero-order valence-corrected chi connectivity index (χ0v) is 20.7. The maximum atomic E-state index is 6.54. The molecule has 1 saturated carbocycles. The fourth-order valence-corrected chi connectivity index (χ4v) is 6.50. The normalized spacial score (nSPS) is 17.1. The Hall–Kier alpha value is -2.68. The summed E-state index contributed by atoms with van der Waals surface area (Å²) in [6.07, 6.45) is 6.58. The van der Waals surface area contributed by atoms with Gasteiger partial charge in [0.2, 0.25) is 0 Å². The van der Waals surface area contributed by atoms with Crippen molar-refractivity contribution < 1.29 is 4.74 Å². The summed E-state index contributed by atoms with van der Waals surface area (Å²) in [5.74, 6) is 2.33. The van der Waals surface area contributed by atoms with Gasteiger partial charge in [-0.15, -0.1) is 11.3 Å². The Morgan fingerprint density at radius 1 is 1.21 bits per heavy atom. The summed E-state index contributed by atoms with van der Waals surface area (Å²) in [4.78, 5) is 8.15. The molecule has 0 amide bonds. The molecule has 34 heavy (non-hydrogen) atoms. The molecule has 4 aromatic rings. The third-order valence-electron chi connectivity index (χ3n) is 7.24. The molecule has 2 fully saturated rings. The second kappa shape index (κ2) is 8.83. The van der Waals surface area contributed by atoms with E-state index in [1.165, 1.54) is 56.6 Å². The van der Waals surface area contributed by atoms with Gasteiger partial charge in [-0.05, 0) is 54.3 Å². The Morgan fingerprint density at radius 3 is 2.79 bits per heavy atom. The molecule has 0 unspecified atom stereocenters. The molecule has 1 aliphatic heterocycles. The molecule has 4 heterocycles. The van der Waals surface area contributed by atoms with E-state index in [1.807, 2.05) is 0 Å². The minimum atomic E-state index is 0.546. The number of anilines is 1. The van der Waals surface area contributed by atoms with Gasteiger partial charge in [0.15, 0.2) is 5.82 Å². The van der Waals surface area contributed by atoms with Crippen LogP contribution in [0.2, 0.25) is 0 Å². The average Bonchev–Trinajstić information content (AvgIpc) is 3.49. The summed E-state index contributed by atoms with van der Waals surface area (Å²) in [6, 6.07) is 6.65. The van der Waals surface area contributed by atoms with Gasteiger partial charge in [-0.3, -0.25) is 4.90 Å². The van der Waals surface area contributed by atoms with Crippen LogP contribution in [0.4, 0.5) is 5.82 Å². The summed E-state index contributed by atoms with van der Waals surface area (Å²) in [6.45, 7) is 7.15. The SMILES string of the molecule is COc1cc(C)cc2cc(-c3c(CCC4CC4)c(CN4CCNCC4)n4ncnc(N)c34)sc12. The number of benzene rings is 1. The van der Waals surface area contributed by atoms with Crippen LogP contribution < -0.4 is 15.8 Å². The number of hydrogen-bond acceptors (Lipinski definition) is 7. The van der Waals surface area contributed by atoms with Crippen molar-refractivity contribution in [2.24, 2.45) is 5.92 Å². The van der Waals surface area contributed by atoms with Gasteiger partial charge in [0.05, 0.1) is 17.5 Å². The van der Waals surface area contributed by atoms with Crippen molar-refractivity contribution in [1.29, 1.82) is 0 Å². The zero-order valence-electron chi connectivity index (χ0n) is 19.9. The van der Waals surface area contributed by atoms with E-state index in [4.69, 9.17) is 15.6 Å². The van der Waals surface area contributed by atoms with Gasteiger partial charge in [-0.2, -0.15) is 5.10 Å². The van der Waals surface area contributed by atoms with Crippen LogP contribution in [0.5, 0.6) is 5.75 Å². The van der Waals surface area contributed by atoms with Crippen LogP contribution in [-0.4, -0.2) is 52.8 Å². The zero-order chi connectivity index (χ0) is 23.2. The molecule has 3 aromatic heterocycles. The largest absolute Gasteiger partial charge is 0.495 e. The number of piperazine rings is 1. The number of ether oxygens (including phenoxy) is 1. The van der Waals surface area contributed by atoms with E-state index in [0.29, 0.717) is 5.82 Å². The first-order chi connectivity index (χ1) is 16.6. The molecular formula is C26H32N6OS. The van der Waals surface area contributed by atoms with Crippen molar-refractivity contribution in [2.45, 2.75) is 39.2 Å². The van der Waals surface area contributed by atoms with E-state index >= 15 is 0 Å². The number of hydrogen-bond donors (Lipinski definition) is 2. The number of nitrogens with one attached hydrogen (secondary N) is 1. The third kappa shape index (κ3) is 3.93. The number of nitrogens with zero attached hydrogens (tertiary/aromatic N) is 4. The van der Waals surface area contributed by atoms with E-state index in [1.54, 1.807) is 24.8 Å². The fourth-order valence-electron chi connectivity index (χ4n) is 5.29. The Balaban J connectivity index is 1.56. The molecule has 3 N–H and O–H groups in total. The lowest BCUT2D eigenvalue weighted by Crippen LogP contribution is -2.43. The molecule has 178 valence electrons. The standard InChI is InChI=1S/C26H32N6OS/c1-16-11-18-13-22(34-25(18)21(12-16)33-2)23-19(6-5-17-3-4-17)20(14-31-9-7-28-8-10-31)32-24(23)26(27)29-15-30-32/h11-13,15,17,28H,3-10,14H2,1-2H3,(H2,27,29,30). The maximum absolute atomic E-state index is 6.54. The van der Waals surface area contributed by atoms with Crippen LogP contribution in [0.1, 0.15) is 36.1 Å². The highest BCUT2D eigenvalue weighted by molar-refractivity contribution is 7.22. The number of aryl methyl sites for hydroxylation is 1. The minimum absolute atomic E-state index is 0.546. The first-order valence-electron chi connectivity index (χ1n) is 12.3. The number of rotatable bonds is 7. The van der Waals surface area contributed by atoms with Crippen LogP contribution in [0.25, 0.3) is 26.0 Å². The van der Waals surface area contributed by atoms with Gasteiger partial charge >= 0.3 is 0 Å². The predicted molar refractivity (Wildman–Crippen MR) is 139 cm³/mol. The molecule has 0 atom stereocenters. The Labute approximate surface area is 203 Å². The lowest BCUT2D eigenvalue weighted by atomic mass is 10.00. The highest BCUT2D eigenvalue weighted by atomic mass is 32.1. The lowest BCUT2D eigenvalue weighted by Gasteiger charge is -2.27. The van der Waals surface area contributed by atoms with E-state index in [0.717, 1.165) is 56.3 Å². The summed E-state index contributed by atoms with van der Waals surface area (Å²) >= 11 is 1.78. The summed E-state index contributed by atoms with van der Waals surface area (Å²) < 4.78 is 8.99. The number of methoxy groups -OCH3 is 1. The van der Waals surface area contributed by atoms with Gasteiger partial charge in [0.25, 0.3) is 0 Å². The van der Waals surface area contributed by atoms with Gasteiger partial charge < -0.3 is 15.8 Å². The molecule has 1 aliphatic carbocycles. The topological polar surface area (TPSA) is 80.7 Å². The van der Waals surface area contributed by atoms with Crippen molar-refractivity contribution in [1.82, 2.24) is 24.8 Å². The Kier molecular flexibility index (Phi) is 5.67. The maximum Gasteiger partial charge on any atom is 0.152 e. The number of nitrogens with two attached hydrogens (primary N) is 1. The molecule has 0 spiro atoms. The highest BCUT2D eigenvalue weighted by Crippen LogP contribution is 2.45. The molecule has 8 heteroatoms. The highest BCUT2D eigenvalue weighted by Gasteiger charge is 2.28. The minimum Gasteiger partial charge on any atom is -0.495 e. The molecule has 0 radical (unpaired) electrons. The van der Waals surface area contributed by atoms with Crippen LogP contribution in [0.3, 0.4) is 0 Å². The quantitative estimate of drug-likeness (QED) is 0.415. The van der Waals surface area contributed by atoms with Gasteiger partial charge in [0.1, 0.15) is 17.6 Å². The molecule has 2 aliphatic rings. The first-order valence-corrected chi connectivity index (χ1v) is 13.1. The van der Waals surface area contributed by atoms with Crippen molar-refractivity contribution in [3.8, 4) is 16.2 Å². The second-order valence-corrected chi connectivity index (χ2v) is 10.8. The number of fused-ring (bicyclic) bond motifs is 2. The predicted octanol–water partition coefficient (Wildman–Crippen LogP) is 4.26. The van der Waals surface area contributed by atoms with E-state index in [2.05, 4.69) is 44.8 Å². The summed E-state index contributed by atoms with van der Waals surface area (Å²) in [5.41, 5.74) is 12.6. The van der Waals surface area contributed by atoms with Crippen LogP contribution in [0, 0.1) is 12.8 Å². The van der Waals surface area contributed by atoms with Crippen LogP contribution in [-0.2, 0) is 13.0 Å². The van der Waals surface area contributed by atoms with Gasteiger partial charge in [-0.25, -0.2) is 9.50 Å². The second-order valence-electron chi connectivity index (χ2n) is 9.71. The lowest BCUT2D eigenvalue weighted by molar-refractivity contribution is 0.229. The first kappa shape index (κ1) is 21.8. The van der Waals surface area contributed by atoms with E-state index < -0.39 is 0 Å². The number of thiophene rings is 1. The number of aromatic nitrogens is 3. The monoisotopic (exact) mass is 476 g/mol. The fraction of sp³-hybridized carbons (Fsp3) is 0.462. The van der Waals surface area contributed by atoms with Crippen molar-refractivity contribution in [3.05, 3.63) is 41.3 Å². The summed E-state index contributed by atoms with van der Waals surface area (Å²) in [7, 11) is 1.75. The Morgan fingerprint density at radius 2 is 2.03 bits per heavy atom. The molecule has 7 nitrogen and oxygen atoms in total. The van der Waals surface area contributed by atoms with Gasteiger partial charge in [-0.1, -0.05) is 18.9 Å². The van der Waals surface area contributed by atoms with Crippen molar-refractivity contribution >= 4 is 32.8 Å². The Bertz CT molecular complexity index is 1350.